The quantitative estimate of drug-likeness (QED) is 0.866. The van der Waals surface area contributed by atoms with Crippen LogP contribution in [0.15, 0.2) is 36.5 Å². The molecule has 1 aromatic carbocycles. The first-order chi connectivity index (χ1) is 8.47. The number of aromatic amines is 1. The number of anilines is 1. The third-order valence-electron chi connectivity index (χ3n) is 2.19. The third-order valence-corrected chi connectivity index (χ3v) is 2.19. The van der Waals surface area contributed by atoms with Gasteiger partial charge >= 0.3 is 6.18 Å². The Balaban J connectivity index is 2.18. The van der Waals surface area contributed by atoms with Crippen molar-refractivity contribution in [3.05, 3.63) is 47.8 Å². The molecule has 1 amide bonds. The molecular formula is C11H8F3N3O. The minimum atomic E-state index is -4.44. The van der Waals surface area contributed by atoms with Crippen LogP contribution in [0.3, 0.4) is 0 Å². The lowest BCUT2D eigenvalue weighted by molar-refractivity contribution is -0.137. The summed E-state index contributed by atoms with van der Waals surface area (Å²) in [4.78, 5) is 11.6. The molecule has 1 heterocycles. The number of amides is 1. The predicted octanol–water partition coefficient (Wildman–Crippen LogP) is 2.68. The number of carbonyl (C=O) groups is 1. The molecule has 0 fully saturated rings. The summed E-state index contributed by atoms with van der Waals surface area (Å²) in [7, 11) is 0. The Morgan fingerprint density at radius 1 is 1.28 bits per heavy atom. The molecule has 4 nitrogen and oxygen atoms in total. The van der Waals surface area contributed by atoms with Gasteiger partial charge in [0.15, 0.2) is 0 Å². The van der Waals surface area contributed by atoms with Crippen molar-refractivity contribution in [2.45, 2.75) is 6.18 Å². The molecule has 0 bridgehead atoms. The van der Waals surface area contributed by atoms with Crippen molar-refractivity contribution in [2.24, 2.45) is 0 Å². The van der Waals surface area contributed by atoms with Gasteiger partial charge in [-0.1, -0.05) is 6.07 Å². The number of alkyl halides is 3. The van der Waals surface area contributed by atoms with E-state index in [1.54, 1.807) is 0 Å². The van der Waals surface area contributed by atoms with E-state index in [1.165, 1.54) is 24.4 Å². The van der Waals surface area contributed by atoms with Gasteiger partial charge in [0.1, 0.15) is 5.69 Å². The first kappa shape index (κ1) is 12.2. The maximum absolute atomic E-state index is 12.4. The summed E-state index contributed by atoms with van der Waals surface area (Å²) in [6.45, 7) is 0. The first-order valence-electron chi connectivity index (χ1n) is 4.95. The molecular weight excluding hydrogens is 247 g/mol. The lowest BCUT2D eigenvalue weighted by Crippen LogP contribution is -2.13. The summed E-state index contributed by atoms with van der Waals surface area (Å²) >= 11 is 0. The van der Waals surface area contributed by atoms with Gasteiger partial charge in [0.05, 0.1) is 5.56 Å². The van der Waals surface area contributed by atoms with E-state index in [1.807, 2.05) is 0 Å². The fourth-order valence-electron chi connectivity index (χ4n) is 1.35. The molecule has 2 aromatic rings. The lowest BCUT2D eigenvalue weighted by Gasteiger charge is -2.09. The number of rotatable bonds is 2. The summed E-state index contributed by atoms with van der Waals surface area (Å²) in [6.07, 6.45) is -3.06. The van der Waals surface area contributed by atoms with Crippen molar-refractivity contribution in [1.82, 2.24) is 10.2 Å². The average molecular weight is 255 g/mol. The van der Waals surface area contributed by atoms with Crippen molar-refractivity contribution in [3.63, 3.8) is 0 Å². The molecule has 0 radical (unpaired) electrons. The van der Waals surface area contributed by atoms with Gasteiger partial charge < -0.3 is 5.32 Å². The van der Waals surface area contributed by atoms with Gasteiger partial charge in [0.25, 0.3) is 5.91 Å². The fourth-order valence-corrected chi connectivity index (χ4v) is 1.35. The lowest BCUT2D eigenvalue weighted by atomic mass is 10.2. The number of benzene rings is 1. The van der Waals surface area contributed by atoms with Crippen LogP contribution in [0.1, 0.15) is 16.1 Å². The zero-order chi connectivity index (χ0) is 13.2. The number of hydrogen-bond donors (Lipinski definition) is 2. The van der Waals surface area contributed by atoms with Crippen LogP contribution in [0.5, 0.6) is 0 Å². The van der Waals surface area contributed by atoms with Crippen LogP contribution in [0, 0.1) is 0 Å². The topological polar surface area (TPSA) is 57.8 Å². The van der Waals surface area contributed by atoms with Gasteiger partial charge in [-0.25, -0.2) is 0 Å². The Kier molecular flexibility index (Phi) is 3.05. The minimum Gasteiger partial charge on any atom is -0.321 e. The zero-order valence-electron chi connectivity index (χ0n) is 8.95. The van der Waals surface area contributed by atoms with E-state index in [2.05, 4.69) is 15.5 Å². The van der Waals surface area contributed by atoms with Gasteiger partial charge in [0, 0.05) is 11.9 Å². The Labute approximate surface area is 99.8 Å². The third kappa shape index (κ3) is 2.68. The SMILES string of the molecule is O=C(Nc1cccc(C(F)(F)F)c1)c1ccn[nH]1. The summed E-state index contributed by atoms with van der Waals surface area (Å²) < 4.78 is 37.3. The van der Waals surface area contributed by atoms with Gasteiger partial charge in [-0.2, -0.15) is 18.3 Å². The Hall–Kier alpha value is -2.31. The van der Waals surface area contributed by atoms with Gasteiger partial charge in [-0.15, -0.1) is 0 Å². The second kappa shape index (κ2) is 4.52. The number of nitrogens with one attached hydrogen (secondary N) is 2. The first-order valence-corrected chi connectivity index (χ1v) is 4.95. The summed E-state index contributed by atoms with van der Waals surface area (Å²) in [5.74, 6) is -0.549. The van der Waals surface area contributed by atoms with Crippen LogP contribution in [0.25, 0.3) is 0 Å². The van der Waals surface area contributed by atoms with E-state index in [0.717, 1.165) is 12.1 Å². The van der Waals surface area contributed by atoms with Crippen LogP contribution >= 0.6 is 0 Å². The number of hydrogen-bond acceptors (Lipinski definition) is 2. The average Bonchev–Trinajstić information content (AvgIpc) is 2.81. The van der Waals surface area contributed by atoms with E-state index in [-0.39, 0.29) is 11.4 Å². The number of H-pyrrole nitrogens is 1. The molecule has 1 aromatic heterocycles. The molecule has 0 atom stereocenters. The molecule has 0 aliphatic carbocycles. The molecule has 2 rings (SSSR count). The summed E-state index contributed by atoms with van der Waals surface area (Å²) in [5.41, 5.74) is -0.568. The number of nitrogens with zero attached hydrogens (tertiary/aromatic N) is 1. The molecule has 2 N–H and O–H groups in total. The molecule has 0 unspecified atom stereocenters. The smallest absolute Gasteiger partial charge is 0.321 e. The van der Waals surface area contributed by atoms with Crippen molar-refractivity contribution >= 4 is 11.6 Å². The minimum absolute atomic E-state index is 0.0735. The monoisotopic (exact) mass is 255 g/mol. The maximum Gasteiger partial charge on any atom is 0.416 e. The molecule has 94 valence electrons. The maximum atomic E-state index is 12.4. The Morgan fingerprint density at radius 3 is 2.67 bits per heavy atom. The normalized spacial score (nSPS) is 11.3. The largest absolute Gasteiger partial charge is 0.416 e. The van der Waals surface area contributed by atoms with Gasteiger partial charge in [0.2, 0.25) is 0 Å². The van der Waals surface area contributed by atoms with E-state index in [0.29, 0.717) is 0 Å². The van der Waals surface area contributed by atoms with Crippen molar-refractivity contribution < 1.29 is 18.0 Å². The van der Waals surface area contributed by atoms with Gasteiger partial charge in [-0.3, -0.25) is 9.89 Å². The summed E-state index contributed by atoms with van der Waals surface area (Å²) in [6, 6.07) is 5.83. The highest BCUT2D eigenvalue weighted by molar-refractivity contribution is 6.02. The molecule has 0 spiro atoms. The van der Waals surface area contributed by atoms with Crippen LogP contribution in [-0.4, -0.2) is 16.1 Å². The van der Waals surface area contributed by atoms with E-state index < -0.39 is 17.6 Å². The molecule has 0 aliphatic rings. The molecule has 18 heavy (non-hydrogen) atoms. The highest BCUT2D eigenvalue weighted by atomic mass is 19.4. The zero-order valence-corrected chi connectivity index (χ0v) is 8.95. The molecule has 7 heteroatoms. The van der Waals surface area contributed by atoms with Crippen molar-refractivity contribution in [2.75, 3.05) is 5.32 Å². The molecule has 0 saturated carbocycles. The Bertz CT molecular complexity index is 549. The number of carbonyl (C=O) groups excluding carboxylic acids is 1. The van der Waals surface area contributed by atoms with Crippen molar-refractivity contribution in [3.8, 4) is 0 Å². The second-order valence-electron chi connectivity index (χ2n) is 3.50. The second-order valence-corrected chi connectivity index (χ2v) is 3.50. The van der Waals surface area contributed by atoms with Crippen LogP contribution in [-0.2, 0) is 6.18 Å². The Morgan fingerprint density at radius 2 is 2.06 bits per heavy atom. The number of halogens is 3. The standard InChI is InChI=1S/C11H8F3N3O/c12-11(13,14)7-2-1-3-8(6-7)16-10(18)9-4-5-15-17-9/h1-6H,(H,15,17)(H,16,18). The van der Waals surface area contributed by atoms with Crippen molar-refractivity contribution in [1.29, 1.82) is 0 Å². The van der Waals surface area contributed by atoms with Crippen LogP contribution in [0.2, 0.25) is 0 Å². The predicted molar refractivity (Wildman–Crippen MR) is 58.0 cm³/mol. The fraction of sp³-hybridized carbons (Fsp3) is 0.0909. The summed E-state index contributed by atoms with van der Waals surface area (Å²) in [5, 5.41) is 8.34. The molecule has 0 saturated heterocycles. The van der Waals surface area contributed by atoms with Crippen LogP contribution < -0.4 is 5.32 Å². The van der Waals surface area contributed by atoms with Crippen LogP contribution in [0.4, 0.5) is 18.9 Å². The molecule has 0 aliphatic heterocycles. The highest BCUT2D eigenvalue weighted by Gasteiger charge is 2.30. The highest BCUT2D eigenvalue weighted by Crippen LogP contribution is 2.30. The van der Waals surface area contributed by atoms with Gasteiger partial charge in [-0.05, 0) is 24.3 Å². The van der Waals surface area contributed by atoms with E-state index >= 15 is 0 Å². The van der Waals surface area contributed by atoms with E-state index in [9.17, 15) is 18.0 Å². The van der Waals surface area contributed by atoms with E-state index in [4.69, 9.17) is 0 Å². The number of aromatic nitrogens is 2.